The third-order valence-electron chi connectivity index (χ3n) is 8.69. The quantitative estimate of drug-likeness (QED) is 0.385. The summed E-state index contributed by atoms with van der Waals surface area (Å²) in [6.45, 7) is 9.31. The van der Waals surface area contributed by atoms with Crippen LogP contribution >= 0.6 is 12.4 Å². The number of carbonyl (C=O) groups is 3. The molecule has 2 aromatic rings. The summed E-state index contributed by atoms with van der Waals surface area (Å²) in [5.74, 6) is 1.78. The Balaban J connectivity index is 0.000000298. The molecule has 10 nitrogen and oxygen atoms in total. The topological polar surface area (TPSA) is 126 Å². The number of likely N-dealkylation sites (tertiary alicyclic amines) is 1. The van der Waals surface area contributed by atoms with Crippen LogP contribution in [0.5, 0.6) is 0 Å². The van der Waals surface area contributed by atoms with Crippen molar-refractivity contribution in [3.63, 3.8) is 0 Å². The average molecular weight is 1140 g/mol. The first-order valence-corrected chi connectivity index (χ1v) is 37.2. The van der Waals surface area contributed by atoms with Gasteiger partial charge in [0.25, 0.3) is 0 Å². The van der Waals surface area contributed by atoms with Crippen molar-refractivity contribution in [2.75, 3.05) is 10.6 Å². The third-order valence-corrected chi connectivity index (χ3v) is 33.1. The van der Waals surface area contributed by atoms with Crippen LogP contribution in [0.25, 0.3) is 0 Å². The van der Waals surface area contributed by atoms with Crippen molar-refractivity contribution in [3.8, 4) is 0 Å². The molecule has 4 unspecified atom stereocenters. The summed E-state index contributed by atoms with van der Waals surface area (Å²) in [6.07, 6.45) is 5.94. The van der Waals surface area contributed by atoms with Crippen molar-refractivity contribution in [1.82, 2.24) is 20.2 Å². The lowest BCUT2D eigenvalue weighted by atomic mass is 9.98. The number of halogens is 1. The van der Waals surface area contributed by atoms with E-state index in [2.05, 4.69) is 70.7 Å². The molecule has 2 aliphatic carbocycles. The number of hydrogen-bond donors (Lipinski definition) is 3. The highest BCUT2D eigenvalue weighted by Crippen LogP contribution is 2.43. The van der Waals surface area contributed by atoms with E-state index in [9.17, 15) is 14.4 Å². The monoisotopic (exact) mass is 1140 g/mol. The first kappa shape index (κ1) is 55.6. The summed E-state index contributed by atoms with van der Waals surface area (Å²) in [6, 6.07) is 11.3. The van der Waals surface area contributed by atoms with Gasteiger partial charge in [0.1, 0.15) is 23.3 Å². The number of fused-ring (bicyclic) bond motifs is 4. The summed E-state index contributed by atoms with van der Waals surface area (Å²) in [4.78, 5) is 47.7. The van der Waals surface area contributed by atoms with Gasteiger partial charge >= 0.3 is 6.09 Å². The number of piperidine rings is 2. The fraction of sp³-hybridized carbons (Fsp3) is 0.581. The van der Waals surface area contributed by atoms with Gasteiger partial charge in [-0.25, -0.2) is 14.8 Å². The van der Waals surface area contributed by atoms with Crippen LogP contribution in [0.1, 0.15) is 70.7 Å². The lowest BCUT2D eigenvalue weighted by Gasteiger charge is -2.35. The van der Waals surface area contributed by atoms with Crippen LogP contribution in [-0.4, -0.2) is 62.5 Å². The highest BCUT2D eigenvalue weighted by molar-refractivity contribution is 8.72. The van der Waals surface area contributed by atoms with Gasteiger partial charge in [-0.2, -0.15) is 0 Å². The molecule has 3 N–H and O–H groups in total. The van der Waals surface area contributed by atoms with Crippen molar-refractivity contribution in [3.05, 3.63) is 47.8 Å². The summed E-state index contributed by atoms with van der Waals surface area (Å²) >= 11 is 18.5. The smallest absolute Gasteiger partial charge is 0.411 e. The van der Waals surface area contributed by atoms with E-state index in [0.29, 0.717) is 23.6 Å². The van der Waals surface area contributed by atoms with Crippen LogP contribution in [0.4, 0.5) is 16.4 Å². The normalized spacial score (nSPS) is 21.1. The Hall–Kier alpha value is 0.500. The Kier molecular flexibility index (Phi) is 28.9. The number of nitrogens with zero attached hydrogens (tertiary/aromatic N) is 3. The Bertz CT molecular complexity index is 2320. The SMILES string of the molecule is Cc1cccc(NC(=O)[C@@H]2C3CCC(C3)N2C(=O)OC(C)(C)C)n1.Cc1cccc(NC(=O)[C@H]2NC3CCC2C3)n1.Cl.S=S=S=S=S=S=S=S.S=S=S=S=S=S=S=S=S. The largest absolute Gasteiger partial charge is 0.444 e. The number of aromatic nitrogens is 2. The molecule has 4 heterocycles. The number of rotatable bonds is 4. The van der Waals surface area contributed by atoms with E-state index in [1.165, 1.54) is 48.4 Å². The van der Waals surface area contributed by atoms with E-state index in [4.69, 9.17) is 4.74 Å². The molecule has 4 aliphatic rings. The maximum atomic E-state index is 12.8. The van der Waals surface area contributed by atoms with Gasteiger partial charge in [-0.05, 0) is 109 Å². The maximum absolute atomic E-state index is 12.8. The zero-order valence-corrected chi connectivity index (χ0v) is 46.7. The Morgan fingerprint density at radius 1 is 0.695 bits per heavy atom. The summed E-state index contributed by atoms with van der Waals surface area (Å²) in [7, 11) is 20.0. The zero-order valence-electron chi connectivity index (χ0n) is 32.0. The minimum absolute atomic E-state index is 0. The van der Waals surface area contributed by atoms with Crippen LogP contribution in [0, 0.1) is 25.7 Å². The fourth-order valence-electron chi connectivity index (χ4n) is 6.78. The predicted octanol–water partition coefficient (Wildman–Crippen LogP) is 4.97. The van der Waals surface area contributed by atoms with Crippen molar-refractivity contribution >= 4 is 202 Å². The van der Waals surface area contributed by atoms with Crippen LogP contribution in [-0.2, 0) is 175 Å². The van der Waals surface area contributed by atoms with E-state index in [1.54, 1.807) is 90.9 Å². The first-order valence-electron chi connectivity index (χ1n) is 17.2. The van der Waals surface area contributed by atoms with Crippen LogP contribution < -0.4 is 16.0 Å². The van der Waals surface area contributed by atoms with Crippen LogP contribution in [0.15, 0.2) is 36.4 Å². The first-order chi connectivity index (χ1) is 27.8. The van der Waals surface area contributed by atoms with Gasteiger partial charge in [0.05, 0.1) is 6.04 Å². The van der Waals surface area contributed by atoms with Gasteiger partial charge in [-0.3, -0.25) is 14.5 Å². The summed E-state index contributed by atoms with van der Waals surface area (Å²) in [5.41, 5.74) is 1.19. The fourth-order valence-corrected chi connectivity index (χ4v) is 31.5. The lowest BCUT2D eigenvalue weighted by molar-refractivity contribution is -0.122. The van der Waals surface area contributed by atoms with Gasteiger partial charge in [0.15, 0.2) is 0 Å². The molecule has 2 aliphatic heterocycles. The van der Waals surface area contributed by atoms with Crippen LogP contribution in [0.3, 0.4) is 0 Å². The number of anilines is 2. The second-order valence-electron chi connectivity index (χ2n) is 13.7. The molecule has 3 amide bonds. The van der Waals surface area contributed by atoms with Crippen molar-refractivity contribution in [2.24, 2.45) is 11.8 Å². The molecule has 6 rings (SSSR count). The molecule has 0 aromatic carbocycles. The number of ether oxygens (including phenoxy) is 1. The predicted molar refractivity (Wildman–Crippen MR) is 289 cm³/mol. The van der Waals surface area contributed by atoms with E-state index < -0.39 is 17.7 Å². The molecule has 2 saturated heterocycles. The molecule has 2 saturated carbocycles. The molecule has 4 fully saturated rings. The standard InChI is InChI=1S/C18H25N3O3.C13H17N3O.ClH.S9.S8/c1-11-6-5-7-14(19-11)20-16(22)15-12-8-9-13(10-12)21(15)17(23)24-18(2,3)4;1-8-3-2-4-11(14-8)16-13(17)12-9-5-6-10(7-9)15-12;;1-3-5-7-9-8-6-4-2;1-3-5-7-8-6-4-2/h5-7,12-13,15H,8-10H2,1-4H3,(H,19,20,22);2-4,9-10,12,15H,5-7H2,1H3,(H,14,16,17);1H;;/t12?,13?,15-;9?,10?,12-;;;/m00.../s1. The Morgan fingerprint density at radius 3 is 1.59 bits per heavy atom. The molecule has 2 aromatic heterocycles. The number of carbonyl (C=O) groups excluding carboxylic acids is 3. The Morgan fingerprint density at radius 2 is 1.17 bits per heavy atom. The Labute approximate surface area is 409 Å². The molecule has 0 radical (unpaired) electrons. The zero-order chi connectivity index (χ0) is 42.5. The number of amides is 3. The van der Waals surface area contributed by atoms with Gasteiger partial charge in [-0.1, -0.05) is 12.1 Å². The van der Waals surface area contributed by atoms with Crippen molar-refractivity contribution < 1.29 is 19.1 Å². The van der Waals surface area contributed by atoms with E-state index >= 15 is 0 Å². The highest BCUT2D eigenvalue weighted by atomic mass is 35.5. The second kappa shape index (κ2) is 30.6. The van der Waals surface area contributed by atoms with E-state index in [-0.39, 0.29) is 42.2 Å². The van der Waals surface area contributed by atoms with Gasteiger partial charge in [0.2, 0.25) is 11.8 Å². The molecule has 28 heteroatoms. The number of nitrogens with one attached hydrogen (secondary N) is 3. The lowest BCUT2D eigenvalue weighted by Crippen LogP contribution is -2.52. The number of aryl methyl sites for hydroxylation is 2. The summed E-state index contributed by atoms with van der Waals surface area (Å²) in [5, 5.41) is 9.14. The van der Waals surface area contributed by atoms with Crippen molar-refractivity contribution in [1.29, 1.82) is 0 Å². The molecule has 6 atom stereocenters. The molecule has 330 valence electrons. The molecule has 4 bridgehead atoms. The van der Waals surface area contributed by atoms with Crippen molar-refractivity contribution in [2.45, 2.75) is 103 Å². The van der Waals surface area contributed by atoms with E-state index in [1.807, 2.05) is 65.0 Å². The number of pyridine rings is 2. The molecular weight excluding hydrogens is 1100 g/mol. The second-order valence-corrected chi connectivity index (χ2v) is 36.7. The third kappa shape index (κ3) is 20.9. The minimum Gasteiger partial charge on any atom is -0.444 e. The minimum atomic E-state index is -0.571. The molecule has 59 heavy (non-hydrogen) atoms. The van der Waals surface area contributed by atoms with Gasteiger partial charge in [0, 0.05) is 184 Å². The summed E-state index contributed by atoms with van der Waals surface area (Å²) < 4.78 is 5.52. The van der Waals surface area contributed by atoms with Crippen LogP contribution in [0.2, 0.25) is 0 Å². The average Bonchev–Trinajstić information content (AvgIpc) is 4.00. The van der Waals surface area contributed by atoms with Gasteiger partial charge in [-0.15, -0.1) is 12.4 Å². The molecule has 0 spiro atoms. The van der Waals surface area contributed by atoms with E-state index in [0.717, 1.165) is 37.1 Å². The highest BCUT2D eigenvalue weighted by Gasteiger charge is 2.52. The van der Waals surface area contributed by atoms with Gasteiger partial charge < -0.3 is 20.7 Å². The maximum Gasteiger partial charge on any atom is 0.411 e. The number of hydrogen-bond acceptors (Lipinski definition) is 11. The molecular formula is C31H43ClN6O4S17.